The van der Waals surface area contributed by atoms with Gasteiger partial charge in [0.2, 0.25) is 0 Å². The van der Waals surface area contributed by atoms with Crippen molar-refractivity contribution in [2.45, 2.75) is 39.2 Å². The molecule has 1 aliphatic rings. The highest BCUT2D eigenvalue weighted by molar-refractivity contribution is 5.74. The van der Waals surface area contributed by atoms with Gasteiger partial charge in [-0.05, 0) is 33.1 Å². The number of nitrogens with zero attached hydrogens (tertiary/aromatic N) is 2. The summed E-state index contributed by atoms with van der Waals surface area (Å²) in [5.74, 6) is 0. The van der Waals surface area contributed by atoms with E-state index in [1.807, 2.05) is 30.7 Å². The summed E-state index contributed by atoms with van der Waals surface area (Å²) in [4.78, 5) is 15.6. The van der Waals surface area contributed by atoms with Crippen LogP contribution in [-0.2, 0) is 0 Å². The molecule has 1 aliphatic heterocycles. The van der Waals surface area contributed by atoms with E-state index in [0.29, 0.717) is 6.04 Å². The number of piperidine rings is 1. The molecule has 1 heterocycles. The largest absolute Gasteiger partial charge is 0.325 e. The van der Waals surface area contributed by atoms with E-state index in [1.165, 1.54) is 6.42 Å². The van der Waals surface area contributed by atoms with Crippen LogP contribution < -0.4 is 0 Å². The van der Waals surface area contributed by atoms with Gasteiger partial charge in [-0.25, -0.2) is 4.79 Å². The van der Waals surface area contributed by atoms with E-state index in [2.05, 4.69) is 0 Å². The lowest BCUT2D eigenvalue weighted by atomic mass is 10.1. The average Bonchev–Trinajstić information content (AvgIpc) is 2.17. The topological polar surface area (TPSA) is 23.6 Å². The number of urea groups is 1. The van der Waals surface area contributed by atoms with Crippen molar-refractivity contribution in [2.24, 2.45) is 0 Å². The highest BCUT2D eigenvalue weighted by atomic mass is 16.2. The smallest absolute Gasteiger partial charge is 0.319 e. The van der Waals surface area contributed by atoms with Crippen LogP contribution in [0.5, 0.6) is 0 Å². The van der Waals surface area contributed by atoms with Crippen LogP contribution in [0.1, 0.15) is 33.1 Å². The average molecular weight is 184 g/mol. The Morgan fingerprint density at radius 3 is 2.23 bits per heavy atom. The van der Waals surface area contributed by atoms with Gasteiger partial charge in [0.05, 0.1) is 0 Å². The summed E-state index contributed by atoms with van der Waals surface area (Å²) in [5, 5.41) is 0. The standard InChI is InChI=1S/C10H20N2O/c1-9(2)11(3)10(13)12-7-5-4-6-8-12/h9H,4-8H2,1-3H3. The van der Waals surface area contributed by atoms with Gasteiger partial charge in [-0.1, -0.05) is 0 Å². The predicted octanol–water partition coefficient (Wildman–Crippen LogP) is 1.93. The monoisotopic (exact) mass is 184 g/mol. The van der Waals surface area contributed by atoms with Crippen LogP contribution in [0, 0.1) is 0 Å². The van der Waals surface area contributed by atoms with Crippen LogP contribution in [0.2, 0.25) is 0 Å². The molecule has 0 atom stereocenters. The second kappa shape index (κ2) is 4.49. The number of amides is 2. The van der Waals surface area contributed by atoms with Crippen molar-refractivity contribution in [1.82, 2.24) is 9.80 Å². The van der Waals surface area contributed by atoms with Gasteiger partial charge in [-0.15, -0.1) is 0 Å². The summed E-state index contributed by atoms with van der Waals surface area (Å²) in [6, 6.07) is 0.490. The minimum atomic E-state index is 0.190. The second-order valence-corrected chi connectivity index (χ2v) is 4.03. The van der Waals surface area contributed by atoms with E-state index in [4.69, 9.17) is 0 Å². The third kappa shape index (κ3) is 2.61. The SMILES string of the molecule is CC(C)N(C)C(=O)N1CCCCC1. The van der Waals surface area contributed by atoms with Crippen LogP contribution in [0.3, 0.4) is 0 Å². The molecular weight excluding hydrogens is 164 g/mol. The van der Waals surface area contributed by atoms with E-state index in [-0.39, 0.29) is 6.03 Å². The number of carbonyl (C=O) groups is 1. The van der Waals surface area contributed by atoms with Crippen LogP contribution >= 0.6 is 0 Å². The first-order valence-corrected chi connectivity index (χ1v) is 5.14. The Morgan fingerprint density at radius 1 is 1.23 bits per heavy atom. The molecule has 0 bridgehead atoms. The van der Waals surface area contributed by atoms with Crippen molar-refractivity contribution in [1.29, 1.82) is 0 Å². The first-order chi connectivity index (χ1) is 6.13. The molecule has 2 amide bonds. The number of likely N-dealkylation sites (tertiary alicyclic amines) is 1. The van der Waals surface area contributed by atoms with Gasteiger partial charge >= 0.3 is 6.03 Å². The lowest BCUT2D eigenvalue weighted by Crippen LogP contribution is -2.46. The normalized spacial score (nSPS) is 17.7. The van der Waals surface area contributed by atoms with Gasteiger partial charge in [0.15, 0.2) is 0 Å². The third-order valence-corrected chi connectivity index (χ3v) is 2.70. The van der Waals surface area contributed by atoms with Gasteiger partial charge in [0.1, 0.15) is 0 Å². The summed E-state index contributed by atoms with van der Waals surface area (Å²) in [6.07, 6.45) is 3.60. The molecule has 1 rings (SSSR count). The van der Waals surface area contributed by atoms with Crippen molar-refractivity contribution in [3.8, 4) is 0 Å². The van der Waals surface area contributed by atoms with Crippen molar-refractivity contribution in [3.63, 3.8) is 0 Å². The zero-order valence-electron chi connectivity index (χ0n) is 8.92. The molecular formula is C10H20N2O. The van der Waals surface area contributed by atoms with Gasteiger partial charge in [-0.3, -0.25) is 0 Å². The maximum Gasteiger partial charge on any atom is 0.319 e. The molecule has 13 heavy (non-hydrogen) atoms. The fourth-order valence-corrected chi connectivity index (χ4v) is 1.53. The molecule has 0 aromatic carbocycles. The van der Waals surface area contributed by atoms with Gasteiger partial charge in [-0.2, -0.15) is 0 Å². The van der Waals surface area contributed by atoms with Crippen LogP contribution in [0.15, 0.2) is 0 Å². The molecule has 3 heteroatoms. The minimum Gasteiger partial charge on any atom is -0.325 e. The van der Waals surface area contributed by atoms with E-state index in [0.717, 1.165) is 25.9 Å². The lowest BCUT2D eigenvalue weighted by molar-refractivity contribution is 0.143. The van der Waals surface area contributed by atoms with E-state index in [9.17, 15) is 4.79 Å². The van der Waals surface area contributed by atoms with Gasteiger partial charge in [0, 0.05) is 26.2 Å². The molecule has 0 aromatic rings. The van der Waals surface area contributed by atoms with Crippen molar-refractivity contribution in [3.05, 3.63) is 0 Å². The molecule has 3 nitrogen and oxygen atoms in total. The van der Waals surface area contributed by atoms with Gasteiger partial charge < -0.3 is 9.80 Å². The molecule has 0 N–H and O–H groups in total. The predicted molar refractivity (Wildman–Crippen MR) is 53.7 cm³/mol. The Morgan fingerprint density at radius 2 is 1.77 bits per heavy atom. The minimum absolute atomic E-state index is 0.190. The fraction of sp³-hybridized carbons (Fsp3) is 0.900. The Balaban J connectivity index is 2.45. The molecule has 0 radical (unpaired) electrons. The molecule has 0 spiro atoms. The Hall–Kier alpha value is -0.730. The second-order valence-electron chi connectivity index (χ2n) is 4.03. The summed E-state index contributed by atoms with van der Waals surface area (Å²) >= 11 is 0. The molecule has 76 valence electrons. The molecule has 0 unspecified atom stereocenters. The van der Waals surface area contributed by atoms with E-state index < -0.39 is 0 Å². The molecule has 0 aliphatic carbocycles. The number of hydrogen-bond acceptors (Lipinski definition) is 1. The third-order valence-electron chi connectivity index (χ3n) is 2.70. The van der Waals surface area contributed by atoms with Crippen molar-refractivity contribution in [2.75, 3.05) is 20.1 Å². The van der Waals surface area contributed by atoms with E-state index >= 15 is 0 Å². The quantitative estimate of drug-likeness (QED) is 0.611. The lowest BCUT2D eigenvalue weighted by Gasteiger charge is -2.32. The number of hydrogen-bond donors (Lipinski definition) is 0. The molecule has 0 aromatic heterocycles. The van der Waals surface area contributed by atoms with Crippen LogP contribution in [0.25, 0.3) is 0 Å². The Kier molecular flexibility index (Phi) is 3.58. The summed E-state index contributed by atoms with van der Waals surface area (Å²) in [7, 11) is 1.88. The Bertz CT molecular complexity index is 174. The molecule has 1 saturated heterocycles. The highest BCUT2D eigenvalue weighted by Crippen LogP contribution is 2.11. The van der Waals surface area contributed by atoms with Crippen molar-refractivity contribution < 1.29 is 4.79 Å². The zero-order valence-corrected chi connectivity index (χ0v) is 8.92. The maximum absolute atomic E-state index is 11.8. The van der Waals surface area contributed by atoms with Crippen LogP contribution in [0.4, 0.5) is 4.79 Å². The number of rotatable bonds is 1. The maximum atomic E-state index is 11.8. The van der Waals surface area contributed by atoms with Crippen LogP contribution in [-0.4, -0.2) is 42.0 Å². The summed E-state index contributed by atoms with van der Waals surface area (Å²) in [6.45, 7) is 5.97. The van der Waals surface area contributed by atoms with E-state index in [1.54, 1.807) is 0 Å². The molecule has 0 saturated carbocycles. The summed E-state index contributed by atoms with van der Waals surface area (Å²) < 4.78 is 0. The molecule has 1 fully saturated rings. The first-order valence-electron chi connectivity index (χ1n) is 5.14. The Labute approximate surface area is 80.7 Å². The number of carbonyl (C=O) groups excluding carboxylic acids is 1. The summed E-state index contributed by atoms with van der Waals surface area (Å²) in [5.41, 5.74) is 0. The first kappa shape index (κ1) is 10.4. The zero-order chi connectivity index (χ0) is 9.84. The highest BCUT2D eigenvalue weighted by Gasteiger charge is 2.20. The van der Waals surface area contributed by atoms with Gasteiger partial charge in [0.25, 0.3) is 0 Å². The fourth-order valence-electron chi connectivity index (χ4n) is 1.53. The van der Waals surface area contributed by atoms with Crippen molar-refractivity contribution >= 4 is 6.03 Å².